The Kier molecular flexibility index (Phi) is 10.5. The van der Waals surface area contributed by atoms with E-state index in [0.29, 0.717) is 25.9 Å². The summed E-state index contributed by atoms with van der Waals surface area (Å²) in [5.74, 6) is -0.178. The van der Waals surface area contributed by atoms with Gasteiger partial charge in [0.1, 0.15) is 5.54 Å². The minimum Gasteiger partial charge on any atom is -0.349 e. The van der Waals surface area contributed by atoms with Gasteiger partial charge >= 0.3 is 6.03 Å². The maximum atomic E-state index is 14.1. The van der Waals surface area contributed by atoms with E-state index in [4.69, 9.17) is 0 Å². The molecule has 2 aliphatic rings. The van der Waals surface area contributed by atoms with Crippen LogP contribution in [0.25, 0.3) is 0 Å². The molecule has 2 aliphatic heterocycles. The van der Waals surface area contributed by atoms with E-state index in [1.54, 1.807) is 4.90 Å². The van der Waals surface area contributed by atoms with E-state index in [-0.39, 0.29) is 48.8 Å². The zero-order valence-corrected chi connectivity index (χ0v) is 26.4. The Labute approximate surface area is 262 Å². The summed E-state index contributed by atoms with van der Waals surface area (Å²) in [5, 5.41) is 3.21. The van der Waals surface area contributed by atoms with E-state index in [1.165, 1.54) is 4.90 Å². The zero-order valence-electron chi connectivity index (χ0n) is 24.0. The summed E-state index contributed by atoms with van der Waals surface area (Å²) in [6.45, 7) is 6.21. The molecule has 1 spiro atoms. The molecular formula is C33H38BrClN4O3. The van der Waals surface area contributed by atoms with Crippen molar-refractivity contribution in [2.75, 3.05) is 24.5 Å². The number of benzene rings is 3. The molecule has 4 amide bonds. The Morgan fingerprint density at radius 2 is 1.50 bits per heavy atom. The van der Waals surface area contributed by atoms with Crippen LogP contribution < -0.4 is 10.2 Å². The highest BCUT2D eigenvalue weighted by atomic mass is 79.9. The van der Waals surface area contributed by atoms with Crippen molar-refractivity contribution in [2.24, 2.45) is 5.92 Å². The molecule has 42 heavy (non-hydrogen) atoms. The van der Waals surface area contributed by atoms with Crippen molar-refractivity contribution in [1.29, 1.82) is 0 Å². The summed E-state index contributed by atoms with van der Waals surface area (Å²) in [6, 6.07) is 27.0. The number of likely N-dealkylation sites (tertiary alicyclic amines) is 1. The number of para-hydroxylation sites is 1. The Morgan fingerprint density at radius 3 is 2.10 bits per heavy atom. The first-order valence-corrected chi connectivity index (χ1v) is 15.1. The normalized spacial score (nSPS) is 17.4. The van der Waals surface area contributed by atoms with Gasteiger partial charge in [0.25, 0.3) is 5.91 Å². The lowest BCUT2D eigenvalue weighted by molar-refractivity contribution is -0.133. The summed E-state index contributed by atoms with van der Waals surface area (Å²) in [6.07, 6.45) is 1.87. The summed E-state index contributed by atoms with van der Waals surface area (Å²) in [7, 11) is 0. The number of urea groups is 1. The van der Waals surface area contributed by atoms with Crippen molar-refractivity contribution in [3.8, 4) is 0 Å². The van der Waals surface area contributed by atoms with Gasteiger partial charge in [0.05, 0.1) is 12.6 Å². The number of nitrogens with one attached hydrogen (secondary N) is 1. The second-order valence-electron chi connectivity index (χ2n) is 11.3. The number of carbonyl (C=O) groups is 3. The van der Waals surface area contributed by atoms with Crippen LogP contribution in [0.2, 0.25) is 0 Å². The molecule has 0 saturated carbocycles. The highest BCUT2D eigenvalue weighted by Gasteiger charge is 2.58. The van der Waals surface area contributed by atoms with Gasteiger partial charge in [0.15, 0.2) is 0 Å². The summed E-state index contributed by atoms with van der Waals surface area (Å²) < 4.78 is 0.952. The topological polar surface area (TPSA) is 73.0 Å². The molecule has 1 atom stereocenters. The molecule has 2 fully saturated rings. The van der Waals surface area contributed by atoms with Gasteiger partial charge in [-0.15, -0.1) is 12.4 Å². The van der Waals surface area contributed by atoms with Crippen molar-refractivity contribution in [3.63, 3.8) is 0 Å². The second-order valence-corrected chi connectivity index (χ2v) is 12.2. The minimum absolute atomic E-state index is 0. The van der Waals surface area contributed by atoms with Crippen LogP contribution in [0.1, 0.15) is 50.3 Å². The van der Waals surface area contributed by atoms with Crippen LogP contribution in [0.5, 0.6) is 0 Å². The smallest absolute Gasteiger partial charge is 0.332 e. The van der Waals surface area contributed by atoms with Crippen molar-refractivity contribution in [2.45, 2.75) is 51.2 Å². The highest BCUT2D eigenvalue weighted by Crippen LogP contribution is 2.41. The Hall–Kier alpha value is -3.20. The van der Waals surface area contributed by atoms with Crippen LogP contribution in [-0.2, 0) is 16.1 Å². The van der Waals surface area contributed by atoms with E-state index < -0.39 is 5.54 Å². The van der Waals surface area contributed by atoms with E-state index in [0.717, 1.165) is 34.3 Å². The highest BCUT2D eigenvalue weighted by molar-refractivity contribution is 9.10. The van der Waals surface area contributed by atoms with Crippen molar-refractivity contribution < 1.29 is 14.4 Å². The number of imide groups is 1. The summed E-state index contributed by atoms with van der Waals surface area (Å²) in [5.41, 5.74) is 1.84. The Balaban J connectivity index is 0.00000405. The molecule has 3 aromatic carbocycles. The van der Waals surface area contributed by atoms with Crippen LogP contribution in [0.15, 0.2) is 89.4 Å². The molecule has 0 radical (unpaired) electrons. The first-order valence-electron chi connectivity index (χ1n) is 14.3. The predicted octanol–water partition coefficient (Wildman–Crippen LogP) is 6.58. The average Bonchev–Trinajstić information content (AvgIpc) is 3.18. The van der Waals surface area contributed by atoms with Gasteiger partial charge in [-0.05, 0) is 54.7 Å². The second kappa shape index (κ2) is 13.8. The maximum Gasteiger partial charge on any atom is 0.332 e. The third kappa shape index (κ3) is 6.72. The van der Waals surface area contributed by atoms with Gasteiger partial charge in [0, 0.05) is 35.7 Å². The number of piperidine rings is 1. The van der Waals surface area contributed by atoms with Crippen molar-refractivity contribution in [3.05, 3.63) is 101 Å². The largest absolute Gasteiger partial charge is 0.349 e. The molecule has 0 aliphatic carbocycles. The first-order chi connectivity index (χ1) is 19.8. The number of hydrogen-bond acceptors (Lipinski definition) is 4. The molecule has 7 nitrogen and oxygen atoms in total. The fourth-order valence-electron chi connectivity index (χ4n) is 5.83. The molecule has 222 valence electrons. The van der Waals surface area contributed by atoms with Gasteiger partial charge in [-0.1, -0.05) is 90.4 Å². The standard InChI is InChI=1S/C33H37BrN4O3.ClH/c1-24(2)30(39)35-29(26-9-5-3-6-10-26)17-20-36-21-18-33(19-22-36)31(40)37(23-25-13-15-27(34)16-14-25)32(41)38(33)28-11-7-4-8-12-28;/h3-16,24,29H,17-23H2,1-2H3,(H,35,39);1H/t29-;/m0./s1. The number of hydrogen-bond donors (Lipinski definition) is 1. The fraction of sp³-hybridized carbons (Fsp3) is 0.364. The van der Waals surface area contributed by atoms with E-state index >= 15 is 0 Å². The van der Waals surface area contributed by atoms with Gasteiger partial charge in [-0.2, -0.15) is 0 Å². The number of amides is 4. The summed E-state index contributed by atoms with van der Waals surface area (Å²) >= 11 is 3.46. The van der Waals surface area contributed by atoms with E-state index in [9.17, 15) is 14.4 Å². The maximum absolute atomic E-state index is 14.1. The number of anilines is 1. The first kappa shape index (κ1) is 31.7. The Morgan fingerprint density at radius 1 is 0.905 bits per heavy atom. The molecule has 0 unspecified atom stereocenters. The number of nitrogens with zero attached hydrogens (tertiary/aromatic N) is 3. The zero-order chi connectivity index (χ0) is 29.0. The summed E-state index contributed by atoms with van der Waals surface area (Å²) in [4.78, 5) is 46.0. The monoisotopic (exact) mass is 652 g/mol. The van der Waals surface area contributed by atoms with E-state index in [1.807, 2.05) is 86.6 Å². The number of rotatable bonds is 9. The van der Waals surface area contributed by atoms with Crippen molar-refractivity contribution >= 4 is 51.9 Å². The molecular weight excluding hydrogens is 616 g/mol. The van der Waals surface area contributed by atoms with E-state index in [2.05, 4.69) is 38.3 Å². The van der Waals surface area contributed by atoms with Crippen LogP contribution >= 0.6 is 28.3 Å². The third-order valence-electron chi connectivity index (χ3n) is 8.22. The minimum atomic E-state index is -0.908. The molecule has 3 aromatic rings. The lowest BCUT2D eigenvalue weighted by Gasteiger charge is -2.42. The third-order valence-corrected chi connectivity index (χ3v) is 8.75. The number of halogens is 2. The SMILES string of the molecule is CC(C)C(=O)N[C@@H](CCN1CCC2(CC1)C(=O)N(Cc1ccc(Br)cc1)C(=O)N2c1ccccc1)c1ccccc1.Cl. The molecule has 9 heteroatoms. The molecule has 2 heterocycles. The van der Waals surface area contributed by atoms with Gasteiger partial charge in [-0.3, -0.25) is 19.4 Å². The Bertz CT molecular complexity index is 1360. The van der Waals surface area contributed by atoms with Gasteiger partial charge in [-0.25, -0.2) is 4.79 Å². The molecule has 5 rings (SSSR count). The van der Waals surface area contributed by atoms with Crippen molar-refractivity contribution in [1.82, 2.24) is 15.1 Å². The number of carbonyl (C=O) groups excluding carboxylic acids is 3. The molecule has 0 bridgehead atoms. The quantitative estimate of drug-likeness (QED) is 0.265. The lowest BCUT2D eigenvalue weighted by atomic mass is 9.85. The van der Waals surface area contributed by atoms with Crippen LogP contribution in [0.4, 0.5) is 10.5 Å². The predicted molar refractivity (Wildman–Crippen MR) is 171 cm³/mol. The average molecular weight is 654 g/mol. The fourth-order valence-corrected chi connectivity index (χ4v) is 6.09. The van der Waals surface area contributed by atoms with Gasteiger partial charge in [0.2, 0.25) is 5.91 Å². The molecule has 1 N–H and O–H groups in total. The van der Waals surface area contributed by atoms with Crippen LogP contribution in [-0.4, -0.2) is 52.8 Å². The molecule has 0 aromatic heterocycles. The van der Waals surface area contributed by atoms with Crippen LogP contribution in [0, 0.1) is 5.92 Å². The molecule has 2 saturated heterocycles. The lowest BCUT2D eigenvalue weighted by Crippen LogP contribution is -2.57. The van der Waals surface area contributed by atoms with Crippen LogP contribution in [0.3, 0.4) is 0 Å². The van der Waals surface area contributed by atoms with Gasteiger partial charge < -0.3 is 10.2 Å².